The molecular formula is C30H21Cl2N3O7. The summed E-state index contributed by atoms with van der Waals surface area (Å²) < 4.78 is 16.0. The van der Waals surface area contributed by atoms with Crippen molar-refractivity contribution >= 4 is 58.9 Å². The van der Waals surface area contributed by atoms with E-state index in [1.165, 1.54) is 61.7 Å². The molecule has 0 heterocycles. The number of hydrogen-bond donors (Lipinski definition) is 2. The van der Waals surface area contributed by atoms with Crippen molar-refractivity contribution in [1.82, 2.24) is 5.43 Å². The molecule has 4 rings (SSSR count). The molecule has 212 valence electrons. The van der Waals surface area contributed by atoms with Gasteiger partial charge in [-0.2, -0.15) is 5.10 Å². The van der Waals surface area contributed by atoms with Gasteiger partial charge < -0.3 is 19.5 Å². The molecule has 0 radical (unpaired) electrons. The quantitative estimate of drug-likeness (QED) is 0.0887. The molecule has 0 atom stereocenters. The molecule has 0 saturated carbocycles. The summed E-state index contributed by atoms with van der Waals surface area (Å²) in [6.07, 6.45) is 1.16. The maximum absolute atomic E-state index is 12.8. The number of ether oxygens (including phenoxy) is 3. The van der Waals surface area contributed by atoms with Gasteiger partial charge in [-0.1, -0.05) is 23.2 Å². The monoisotopic (exact) mass is 605 g/mol. The number of hydrazone groups is 1. The average molecular weight is 606 g/mol. The van der Waals surface area contributed by atoms with Crippen molar-refractivity contribution in [2.45, 2.75) is 0 Å². The van der Waals surface area contributed by atoms with Gasteiger partial charge in [0, 0.05) is 27.4 Å². The average Bonchev–Trinajstić information content (AvgIpc) is 2.99. The number of carbonyl (C=O) groups excluding carboxylic acids is 4. The van der Waals surface area contributed by atoms with Gasteiger partial charge in [0.25, 0.3) is 0 Å². The van der Waals surface area contributed by atoms with Crippen molar-refractivity contribution in [3.05, 3.63) is 118 Å². The zero-order valence-corrected chi connectivity index (χ0v) is 23.3. The number of benzene rings is 4. The predicted octanol–water partition coefficient (Wildman–Crippen LogP) is 5.53. The van der Waals surface area contributed by atoms with E-state index in [1.807, 2.05) is 0 Å². The Kier molecular flexibility index (Phi) is 9.88. The third-order valence-electron chi connectivity index (χ3n) is 5.48. The van der Waals surface area contributed by atoms with Gasteiger partial charge in [-0.05, 0) is 84.9 Å². The van der Waals surface area contributed by atoms with Crippen LogP contribution in [0.1, 0.15) is 26.3 Å². The molecule has 4 aromatic carbocycles. The summed E-state index contributed by atoms with van der Waals surface area (Å²) >= 11 is 11.8. The van der Waals surface area contributed by atoms with Crippen molar-refractivity contribution in [3.8, 4) is 17.2 Å². The Bertz CT molecular complexity index is 1640. The Morgan fingerprint density at radius 3 is 1.81 bits per heavy atom. The second-order valence-corrected chi connectivity index (χ2v) is 9.25. The highest BCUT2D eigenvalue weighted by Crippen LogP contribution is 2.26. The Balaban J connectivity index is 1.49. The maximum atomic E-state index is 12.8. The summed E-state index contributed by atoms with van der Waals surface area (Å²) in [6, 6.07) is 22.7. The molecule has 0 saturated heterocycles. The van der Waals surface area contributed by atoms with E-state index in [1.54, 1.807) is 36.4 Å². The zero-order valence-electron chi connectivity index (χ0n) is 21.8. The van der Waals surface area contributed by atoms with Gasteiger partial charge in [0.05, 0.1) is 24.5 Å². The zero-order chi connectivity index (χ0) is 30.1. The fourth-order valence-electron chi connectivity index (χ4n) is 3.34. The first-order valence-electron chi connectivity index (χ1n) is 12.1. The van der Waals surface area contributed by atoms with Gasteiger partial charge in [-0.15, -0.1) is 0 Å². The number of nitrogens with one attached hydrogen (secondary N) is 2. The van der Waals surface area contributed by atoms with Crippen LogP contribution in [0.2, 0.25) is 10.0 Å². The van der Waals surface area contributed by atoms with Crippen molar-refractivity contribution in [2.24, 2.45) is 5.10 Å². The molecule has 0 spiro atoms. The lowest BCUT2D eigenvalue weighted by Crippen LogP contribution is -2.32. The van der Waals surface area contributed by atoms with Crippen LogP contribution in [0.4, 0.5) is 5.69 Å². The smallest absolute Gasteiger partial charge is 0.343 e. The lowest BCUT2D eigenvalue weighted by Gasteiger charge is -2.11. The lowest BCUT2D eigenvalue weighted by atomic mass is 10.2. The number of esters is 2. The molecule has 2 N–H and O–H groups in total. The van der Waals surface area contributed by atoms with Crippen LogP contribution in [0.25, 0.3) is 0 Å². The summed E-state index contributed by atoms with van der Waals surface area (Å²) in [7, 11) is 1.50. The second-order valence-electron chi connectivity index (χ2n) is 8.37. The highest BCUT2D eigenvalue weighted by molar-refractivity contribution is 6.39. The third-order valence-corrected chi connectivity index (χ3v) is 5.99. The lowest BCUT2D eigenvalue weighted by molar-refractivity contribution is -0.136. The van der Waals surface area contributed by atoms with E-state index in [4.69, 9.17) is 37.4 Å². The first-order chi connectivity index (χ1) is 20.2. The normalized spacial score (nSPS) is 10.5. The van der Waals surface area contributed by atoms with E-state index in [0.717, 1.165) is 6.21 Å². The molecule has 0 aliphatic heterocycles. The molecular weight excluding hydrogens is 585 g/mol. The van der Waals surface area contributed by atoms with Crippen LogP contribution in [0.3, 0.4) is 0 Å². The standard InChI is InChI=1S/C30H21Cl2N3O7/c1-40-24-14-11-23(12-15-24)34-27(36)28(37)35-33-17-20-6-13-25(41-29(38)18-2-7-21(31)8-3-18)16-26(20)42-30(39)19-4-9-22(32)10-5-19/h2-17H,1H3,(H,34,36)(H,35,37)/b33-17-. The summed E-state index contributed by atoms with van der Waals surface area (Å²) in [5.41, 5.74) is 3.16. The topological polar surface area (TPSA) is 132 Å². The summed E-state index contributed by atoms with van der Waals surface area (Å²) in [6.45, 7) is 0. The predicted molar refractivity (Wildman–Crippen MR) is 157 cm³/mol. The fourth-order valence-corrected chi connectivity index (χ4v) is 3.60. The van der Waals surface area contributed by atoms with Crippen LogP contribution in [0.5, 0.6) is 17.2 Å². The number of rotatable bonds is 8. The fraction of sp³-hybridized carbons (Fsp3) is 0.0333. The molecule has 2 amide bonds. The molecule has 10 nitrogen and oxygen atoms in total. The van der Waals surface area contributed by atoms with E-state index in [9.17, 15) is 19.2 Å². The molecule has 12 heteroatoms. The Labute approximate surface area is 249 Å². The van der Waals surface area contributed by atoms with Crippen LogP contribution in [0, 0.1) is 0 Å². The van der Waals surface area contributed by atoms with Gasteiger partial charge in [-0.25, -0.2) is 15.0 Å². The van der Waals surface area contributed by atoms with Gasteiger partial charge in [0.15, 0.2) is 0 Å². The molecule has 0 aliphatic rings. The van der Waals surface area contributed by atoms with Gasteiger partial charge in [0.2, 0.25) is 0 Å². The first kappa shape index (κ1) is 29.8. The van der Waals surface area contributed by atoms with Crippen molar-refractivity contribution < 1.29 is 33.4 Å². The second kappa shape index (κ2) is 13.9. The van der Waals surface area contributed by atoms with E-state index in [-0.39, 0.29) is 28.2 Å². The number of methoxy groups -OCH3 is 1. The van der Waals surface area contributed by atoms with Crippen molar-refractivity contribution in [3.63, 3.8) is 0 Å². The van der Waals surface area contributed by atoms with Crippen LogP contribution in [-0.4, -0.2) is 37.1 Å². The van der Waals surface area contributed by atoms with Crippen LogP contribution < -0.4 is 25.0 Å². The van der Waals surface area contributed by atoms with Gasteiger partial charge in [-0.3, -0.25) is 9.59 Å². The summed E-state index contributed by atoms with van der Waals surface area (Å²) in [5.74, 6) is -2.80. The van der Waals surface area contributed by atoms with Crippen molar-refractivity contribution in [1.29, 1.82) is 0 Å². The minimum Gasteiger partial charge on any atom is -0.497 e. The Morgan fingerprint density at radius 2 is 1.24 bits per heavy atom. The molecule has 0 fully saturated rings. The summed E-state index contributed by atoms with van der Waals surface area (Å²) in [5, 5.41) is 7.11. The summed E-state index contributed by atoms with van der Waals surface area (Å²) in [4.78, 5) is 49.8. The van der Waals surface area contributed by atoms with E-state index in [0.29, 0.717) is 21.5 Å². The largest absolute Gasteiger partial charge is 0.497 e. The Hall–Kier alpha value is -5.19. The number of hydrogen-bond acceptors (Lipinski definition) is 8. The molecule has 0 aromatic heterocycles. The van der Waals surface area contributed by atoms with Gasteiger partial charge >= 0.3 is 23.8 Å². The number of carbonyl (C=O) groups is 4. The number of anilines is 1. The van der Waals surface area contributed by atoms with E-state index in [2.05, 4.69) is 15.8 Å². The third kappa shape index (κ3) is 8.17. The first-order valence-corrected chi connectivity index (χ1v) is 12.9. The molecule has 42 heavy (non-hydrogen) atoms. The highest BCUT2D eigenvalue weighted by atomic mass is 35.5. The minimum absolute atomic E-state index is 0.0444. The maximum Gasteiger partial charge on any atom is 0.343 e. The van der Waals surface area contributed by atoms with E-state index >= 15 is 0 Å². The number of amides is 2. The van der Waals surface area contributed by atoms with Crippen LogP contribution in [0.15, 0.2) is 96.1 Å². The molecule has 0 bridgehead atoms. The van der Waals surface area contributed by atoms with Gasteiger partial charge in [0.1, 0.15) is 17.2 Å². The van der Waals surface area contributed by atoms with Crippen LogP contribution in [-0.2, 0) is 9.59 Å². The van der Waals surface area contributed by atoms with Crippen LogP contribution >= 0.6 is 23.2 Å². The Morgan fingerprint density at radius 1 is 0.690 bits per heavy atom. The molecule has 0 aliphatic carbocycles. The highest BCUT2D eigenvalue weighted by Gasteiger charge is 2.16. The number of nitrogens with zero attached hydrogens (tertiary/aromatic N) is 1. The molecule has 4 aromatic rings. The van der Waals surface area contributed by atoms with Crippen molar-refractivity contribution in [2.75, 3.05) is 12.4 Å². The SMILES string of the molecule is COc1ccc(NC(=O)C(=O)N/N=C\c2ccc(OC(=O)c3ccc(Cl)cc3)cc2OC(=O)c2ccc(Cl)cc2)cc1. The minimum atomic E-state index is -1.05. The number of halogens is 2. The molecule has 0 unspecified atom stereocenters. The van der Waals surface area contributed by atoms with E-state index < -0.39 is 23.8 Å².